The third kappa shape index (κ3) is 5.84. The van der Waals surface area contributed by atoms with E-state index < -0.39 is 10.0 Å². The molecule has 168 valence electrons. The van der Waals surface area contributed by atoms with Gasteiger partial charge in [-0.25, -0.2) is 13.1 Å². The Morgan fingerprint density at radius 1 is 1.23 bits per heavy atom. The summed E-state index contributed by atoms with van der Waals surface area (Å²) in [5.41, 5.74) is 1.46. The zero-order valence-electron chi connectivity index (χ0n) is 18.2. The molecule has 2 aromatic carbocycles. The summed E-state index contributed by atoms with van der Waals surface area (Å²) in [7, 11) is -0.269. The summed E-state index contributed by atoms with van der Waals surface area (Å²) in [5, 5.41) is 0. The number of methoxy groups -OCH3 is 1. The number of rotatable bonds is 9. The van der Waals surface area contributed by atoms with E-state index in [1.54, 1.807) is 31.2 Å². The molecule has 0 bridgehead atoms. The SMILES string of the molecule is COc1ccccc1CC(C)N(C)C(=O)c1ccc(S(=O)(=O)NCC2CCCO2)cc1. The second-order valence-corrected chi connectivity index (χ2v) is 9.56. The number of carbonyl (C=O) groups excluding carboxylic acids is 1. The number of ether oxygens (including phenoxy) is 2. The highest BCUT2D eigenvalue weighted by Crippen LogP contribution is 2.21. The number of para-hydroxylation sites is 1. The summed E-state index contributed by atoms with van der Waals surface area (Å²) in [6.45, 7) is 2.90. The van der Waals surface area contributed by atoms with Crippen molar-refractivity contribution in [2.75, 3.05) is 27.3 Å². The molecule has 1 aliphatic rings. The van der Waals surface area contributed by atoms with Gasteiger partial charge in [-0.1, -0.05) is 18.2 Å². The Hall–Kier alpha value is -2.42. The molecule has 31 heavy (non-hydrogen) atoms. The van der Waals surface area contributed by atoms with Crippen molar-refractivity contribution in [2.45, 2.75) is 43.2 Å². The van der Waals surface area contributed by atoms with Gasteiger partial charge in [0, 0.05) is 31.8 Å². The fourth-order valence-corrected chi connectivity index (χ4v) is 4.66. The molecule has 0 spiro atoms. The number of sulfonamides is 1. The van der Waals surface area contributed by atoms with Gasteiger partial charge >= 0.3 is 0 Å². The number of benzene rings is 2. The predicted molar refractivity (Wildman–Crippen MR) is 119 cm³/mol. The van der Waals surface area contributed by atoms with E-state index in [1.807, 2.05) is 31.2 Å². The zero-order chi connectivity index (χ0) is 22.4. The first kappa shape index (κ1) is 23.2. The molecule has 1 aliphatic heterocycles. The summed E-state index contributed by atoms with van der Waals surface area (Å²) < 4.78 is 38.4. The maximum atomic E-state index is 12.9. The van der Waals surface area contributed by atoms with Crippen molar-refractivity contribution in [2.24, 2.45) is 0 Å². The highest BCUT2D eigenvalue weighted by Gasteiger charge is 2.22. The molecule has 1 amide bonds. The quantitative estimate of drug-likeness (QED) is 0.640. The molecule has 2 aromatic rings. The van der Waals surface area contributed by atoms with Crippen LogP contribution >= 0.6 is 0 Å². The average Bonchev–Trinajstić information content (AvgIpc) is 3.31. The van der Waals surface area contributed by atoms with Crippen LogP contribution in [-0.2, 0) is 21.2 Å². The van der Waals surface area contributed by atoms with Crippen LogP contribution < -0.4 is 9.46 Å². The molecule has 1 heterocycles. The van der Waals surface area contributed by atoms with Crippen LogP contribution in [0.5, 0.6) is 5.75 Å². The molecule has 2 unspecified atom stereocenters. The molecule has 1 saturated heterocycles. The molecule has 0 aliphatic carbocycles. The standard InChI is InChI=1S/C23H30N2O5S/c1-17(15-19-7-4-5-9-22(19)29-3)25(2)23(26)18-10-12-21(13-11-18)31(27,28)24-16-20-8-6-14-30-20/h4-5,7,9-13,17,20,24H,6,8,14-16H2,1-3H3. The predicted octanol–water partition coefficient (Wildman–Crippen LogP) is 2.86. The number of nitrogens with one attached hydrogen (secondary N) is 1. The third-order valence-electron chi connectivity index (χ3n) is 5.63. The first-order valence-corrected chi connectivity index (χ1v) is 11.9. The highest BCUT2D eigenvalue weighted by atomic mass is 32.2. The van der Waals surface area contributed by atoms with Crippen LogP contribution in [-0.4, -0.2) is 58.7 Å². The first-order chi connectivity index (χ1) is 14.8. The van der Waals surface area contributed by atoms with Crippen LogP contribution in [0.1, 0.15) is 35.7 Å². The van der Waals surface area contributed by atoms with Crippen molar-refractivity contribution < 1.29 is 22.7 Å². The minimum Gasteiger partial charge on any atom is -0.496 e. The van der Waals surface area contributed by atoms with Gasteiger partial charge in [-0.2, -0.15) is 0 Å². The van der Waals surface area contributed by atoms with E-state index in [4.69, 9.17) is 9.47 Å². The van der Waals surface area contributed by atoms with Gasteiger partial charge in [0.25, 0.3) is 5.91 Å². The van der Waals surface area contributed by atoms with E-state index in [1.165, 1.54) is 12.1 Å². The maximum absolute atomic E-state index is 12.9. The van der Waals surface area contributed by atoms with E-state index in [0.717, 1.165) is 24.2 Å². The van der Waals surface area contributed by atoms with Gasteiger partial charge < -0.3 is 14.4 Å². The average molecular weight is 447 g/mol. The second kappa shape index (κ2) is 10.3. The first-order valence-electron chi connectivity index (χ1n) is 10.4. The Bertz CT molecular complexity index is 985. The van der Waals surface area contributed by atoms with Gasteiger partial charge in [-0.3, -0.25) is 4.79 Å². The zero-order valence-corrected chi connectivity index (χ0v) is 19.0. The molecule has 0 aromatic heterocycles. The Morgan fingerprint density at radius 2 is 1.94 bits per heavy atom. The monoisotopic (exact) mass is 446 g/mol. The third-order valence-corrected chi connectivity index (χ3v) is 7.07. The Kier molecular flexibility index (Phi) is 7.69. The van der Waals surface area contributed by atoms with Crippen LogP contribution in [0.25, 0.3) is 0 Å². The molecule has 7 nitrogen and oxygen atoms in total. The molecule has 2 atom stereocenters. The van der Waals surface area contributed by atoms with Crippen molar-refractivity contribution in [1.82, 2.24) is 9.62 Å². The highest BCUT2D eigenvalue weighted by molar-refractivity contribution is 7.89. The van der Waals surface area contributed by atoms with Gasteiger partial charge in [0.2, 0.25) is 10.0 Å². The normalized spacial score (nSPS) is 17.3. The lowest BCUT2D eigenvalue weighted by molar-refractivity contribution is 0.0743. The van der Waals surface area contributed by atoms with Crippen molar-refractivity contribution in [3.8, 4) is 5.75 Å². The molecule has 8 heteroatoms. The fraction of sp³-hybridized carbons (Fsp3) is 0.435. The summed E-state index contributed by atoms with van der Waals surface area (Å²) in [5.74, 6) is 0.624. The Morgan fingerprint density at radius 3 is 2.58 bits per heavy atom. The molecule has 0 saturated carbocycles. The van der Waals surface area contributed by atoms with Crippen LogP contribution in [0.3, 0.4) is 0 Å². The number of likely N-dealkylation sites (N-methyl/N-ethyl adjacent to an activating group) is 1. The summed E-state index contributed by atoms with van der Waals surface area (Å²) in [6.07, 6.45) is 2.38. The maximum Gasteiger partial charge on any atom is 0.253 e. The molecule has 3 rings (SSSR count). The van der Waals surface area contributed by atoms with Crippen LogP contribution in [0, 0.1) is 0 Å². The van der Waals surface area contributed by atoms with Gasteiger partial charge in [-0.15, -0.1) is 0 Å². The molecular weight excluding hydrogens is 416 g/mol. The van der Waals surface area contributed by atoms with Crippen LogP contribution in [0.4, 0.5) is 0 Å². The number of hydrogen-bond donors (Lipinski definition) is 1. The Labute approximate surface area is 184 Å². The topological polar surface area (TPSA) is 84.9 Å². The van der Waals surface area contributed by atoms with Crippen molar-refractivity contribution in [3.05, 3.63) is 59.7 Å². The molecular formula is C23H30N2O5S. The number of hydrogen-bond acceptors (Lipinski definition) is 5. The fourth-order valence-electron chi connectivity index (χ4n) is 3.60. The van der Waals surface area contributed by atoms with Gasteiger partial charge in [-0.05, 0) is 62.1 Å². The largest absolute Gasteiger partial charge is 0.496 e. The number of amides is 1. The van der Waals surface area contributed by atoms with Gasteiger partial charge in [0.05, 0.1) is 18.1 Å². The summed E-state index contributed by atoms with van der Waals surface area (Å²) >= 11 is 0. The van der Waals surface area contributed by atoms with Crippen LogP contribution in [0.15, 0.2) is 53.4 Å². The lowest BCUT2D eigenvalue weighted by Gasteiger charge is -2.26. The van der Waals surface area contributed by atoms with Gasteiger partial charge in [0.15, 0.2) is 0 Å². The van der Waals surface area contributed by atoms with E-state index >= 15 is 0 Å². The van der Waals surface area contributed by atoms with Gasteiger partial charge in [0.1, 0.15) is 5.75 Å². The van der Waals surface area contributed by atoms with Crippen molar-refractivity contribution in [3.63, 3.8) is 0 Å². The van der Waals surface area contributed by atoms with E-state index in [0.29, 0.717) is 18.6 Å². The van der Waals surface area contributed by atoms with E-state index in [2.05, 4.69) is 4.72 Å². The number of carbonyl (C=O) groups is 1. The van der Waals surface area contributed by atoms with Crippen molar-refractivity contribution >= 4 is 15.9 Å². The lowest BCUT2D eigenvalue weighted by atomic mass is 10.0. The molecule has 0 radical (unpaired) electrons. The van der Waals surface area contributed by atoms with E-state index in [9.17, 15) is 13.2 Å². The number of nitrogens with zero attached hydrogens (tertiary/aromatic N) is 1. The smallest absolute Gasteiger partial charge is 0.253 e. The van der Waals surface area contributed by atoms with E-state index in [-0.39, 0.29) is 29.5 Å². The second-order valence-electron chi connectivity index (χ2n) is 7.79. The van der Waals surface area contributed by atoms with Crippen LogP contribution in [0.2, 0.25) is 0 Å². The molecule has 1 N–H and O–H groups in total. The minimum absolute atomic E-state index is 0.0692. The van der Waals surface area contributed by atoms with Crippen molar-refractivity contribution in [1.29, 1.82) is 0 Å². The summed E-state index contributed by atoms with van der Waals surface area (Å²) in [6, 6.07) is 13.7. The lowest BCUT2D eigenvalue weighted by Crippen LogP contribution is -2.36. The minimum atomic E-state index is -3.64. The molecule has 1 fully saturated rings. The summed E-state index contributed by atoms with van der Waals surface area (Å²) in [4.78, 5) is 14.7. The Balaban J connectivity index is 1.63.